The molecule has 1 saturated heterocycles. The SMILES string of the molecule is Oc1[nH]c2ccc(F)cc2c1C=Nc1ccc(N2CCN(c3cnccn3)CC2)cc1. The maximum Gasteiger partial charge on any atom is 0.198 e. The molecule has 5 rings (SSSR count). The number of nitrogens with zero attached hydrogens (tertiary/aromatic N) is 5. The van der Waals surface area contributed by atoms with Crippen LogP contribution in [-0.4, -0.2) is 52.5 Å². The number of aliphatic imine (C=N–C) groups is 1. The standard InChI is InChI=1S/C23H21FN6O/c24-16-1-6-21-19(13-16)20(23(31)28-21)14-27-17-2-4-18(5-3-17)29-9-11-30(12-10-29)22-15-25-7-8-26-22/h1-8,13-15,28,31H,9-12H2. The van der Waals surface area contributed by atoms with E-state index in [-0.39, 0.29) is 11.7 Å². The number of anilines is 2. The lowest BCUT2D eigenvalue weighted by Gasteiger charge is -2.36. The molecule has 156 valence electrons. The Hall–Kier alpha value is -3.94. The predicted octanol–water partition coefficient (Wildman–Crippen LogP) is 3.88. The molecule has 3 heterocycles. The van der Waals surface area contributed by atoms with Crippen LogP contribution in [0.5, 0.6) is 5.88 Å². The Kier molecular flexibility index (Phi) is 4.95. The molecule has 0 aliphatic carbocycles. The van der Waals surface area contributed by atoms with Crippen molar-refractivity contribution in [1.29, 1.82) is 0 Å². The molecule has 7 nitrogen and oxygen atoms in total. The van der Waals surface area contributed by atoms with Gasteiger partial charge in [-0.25, -0.2) is 9.37 Å². The second kappa shape index (κ2) is 8.06. The third-order valence-corrected chi connectivity index (χ3v) is 5.49. The van der Waals surface area contributed by atoms with Gasteiger partial charge in [0, 0.05) is 61.4 Å². The number of halogens is 1. The Bertz CT molecular complexity index is 1210. The Morgan fingerprint density at radius 2 is 1.77 bits per heavy atom. The molecule has 2 aromatic carbocycles. The number of hydrogen-bond acceptors (Lipinski definition) is 6. The van der Waals surface area contributed by atoms with Crippen LogP contribution < -0.4 is 9.80 Å². The van der Waals surface area contributed by atoms with Gasteiger partial charge in [-0.2, -0.15) is 0 Å². The van der Waals surface area contributed by atoms with E-state index in [2.05, 4.69) is 29.7 Å². The van der Waals surface area contributed by atoms with Crippen molar-refractivity contribution in [2.45, 2.75) is 0 Å². The number of hydrogen-bond donors (Lipinski definition) is 2. The van der Waals surface area contributed by atoms with E-state index in [1.165, 1.54) is 12.1 Å². The highest BCUT2D eigenvalue weighted by Gasteiger charge is 2.18. The zero-order valence-electron chi connectivity index (χ0n) is 16.7. The Morgan fingerprint density at radius 3 is 2.52 bits per heavy atom. The highest BCUT2D eigenvalue weighted by Crippen LogP contribution is 2.27. The fourth-order valence-electron chi connectivity index (χ4n) is 3.84. The molecule has 0 spiro atoms. The van der Waals surface area contributed by atoms with Gasteiger partial charge in [-0.05, 0) is 42.5 Å². The van der Waals surface area contributed by atoms with Gasteiger partial charge in [0.25, 0.3) is 0 Å². The van der Waals surface area contributed by atoms with Gasteiger partial charge in [-0.3, -0.25) is 9.98 Å². The minimum absolute atomic E-state index is 0.0260. The maximum atomic E-state index is 13.6. The van der Waals surface area contributed by atoms with Gasteiger partial charge in [0.1, 0.15) is 11.6 Å². The Balaban J connectivity index is 1.27. The number of aromatic nitrogens is 3. The maximum absolute atomic E-state index is 13.6. The van der Waals surface area contributed by atoms with Crippen molar-refractivity contribution in [3.8, 4) is 5.88 Å². The summed E-state index contributed by atoms with van der Waals surface area (Å²) in [5.74, 6) is 0.527. The smallest absolute Gasteiger partial charge is 0.198 e. The molecule has 4 aromatic rings. The number of rotatable bonds is 4. The van der Waals surface area contributed by atoms with Crippen LogP contribution in [0.25, 0.3) is 10.9 Å². The van der Waals surface area contributed by atoms with Crippen LogP contribution in [-0.2, 0) is 0 Å². The summed E-state index contributed by atoms with van der Waals surface area (Å²) in [5.41, 5.74) is 3.02. The Labute approximate surface area is 178 Å². The van der Waals surface area contributed by atoms with Crippen molar-refractivity contribution in [3.63, 3.8) is 0 Å². The first-order valence-corrected chi connectivity index (χ1v) is 10.1. The molecule has 0 atom stereocenters. The molecule has 0 radical (unpaired) electrons. The summed E-state index contributed by atoms with van der Waals surface area (Å²) < 4.78 is 13.6. The number of aromatic amines is 1. The first-order valence-electron chi connectivity index (χ1n) is 10.1. The van der Waals surface area contributed by atoms with E-state index < -0.39 is 0 Å². The summed E-state index contributed by atoms with van der Waals surface area (Å²) in [6.07, 6.45) is 6.75. The van der Waals surface area contributed by atoms with Crippen molar-refractivity contribution >= 4 is 34.3 Å². The van der Waals surface area contributed by atoms with Gasteiger partial charge in [-0.15, -0.1) is 0 Å². The Morgan fingerprint density at radius 1 is 1.00 bits per heavy atom. The van der Waals surface area contributed by atoms with Crippen LogP contribution >= 0.6 is 0 Å². The molecule has 1 fully saturated rings. The second-order valence-electron chi connectivity index (χ2n) is 7.39. The first-order chi connectivity index (χ1) is 15.2. The normalized spacial score (nSPS) is 14.6. The van der Waals surface area contributed by atoms with Crippen molar-refractivity contribution in [2.75, 3.05) is 36.0 Å². The highest BCUT2D eigenvalue weighted by atomic mass is 19.1. The van der Waals surface area contributed by atoms with E-state index in [0.29, 0.717) is 16.5 Å². The van der Waals surface area contributed by atoms with E-state index in [1.807, 2.05) is 24.3 Å². The van der Waals surface area contributed by atoms with Crippen LogP contribution in [0.2, 0.25) is 0 Å². The molecule has 1 aliphatic heterocycles. The van der Waals surface area contributed by atoms with E-state index >= 15 is 0 Å². The minimum atomic E-state index is -0.357. The fourth-order valence-corrected chi connectivity index (χ4v) is 3.84. The molecular formula is C23H21FN6O. The average molecular weight is 416 g/mol. The average Bonchev–Trinajstić information content (AvgIpc) is 3.13. The van der Waals surface area contributed by atoms with E-state index in [9.17, 15) is 9.50 Å². The van der Waals surface area contributed by atoms with Crippen molar-refractivity contribution in [2.24, 2.45) is 4.99 Å². The number of piperazine rings is 1. The molecular weight excluding hydrogens is 395 g/mol. The van der Waals surface area contributed by atoms with Crippen molar-refractivity contribution in [1.82, 2.24) is 15.0 Å². The number of H-pyrrole nitrogens is 1. The van der Waals surface area contributed by atoms with Crippen LogP contribution in [0.1, 0.15) is 5.56 Å². The minimum Gasteiger partial charge on any atom is -0.494 e. The third-order valence-electron chi connectivity index (χ3n) is 5.49. The fraction of sp³-hybridized carbons (Fsp3) is 0.174. The number of nitrogens with one attached hydrogen (secondary N) is 1. The summed E-state index contributed by atoms with van der Waals surface area (Å²) in [5, 5.41) is 10.7. The summed E-state index contributed by atoms with van der Waals surface area (Å²) in [6.45, 7) is 3.56. The predicted molar refractivity (Wildman–Crippen MR) is 120 cm³/mol. The molecule has 0 bridgehead atoms. The second-order valence-corrected chi connectivity index (χ2v) is 7.39. The molecule has 0 amide bonds. The summed E-state index contributed by atoms with van der Waals surface area (Å²) in [6, 6.07) is 12.3. The lowest BCUT2D eigenvalue weighted by molar-refractivity contribution is 0.457. The van der Waals surface area contributed by atoms with Gasteiger partial charge in [-0.1, -0.05) is 0 Å². The molecule has 1 aliphatic rings. The lowest BCUT2D eigenvalue weighted by atomic mass is 10.2. The quantitative estimate of drug-likeness (QED) is 0.494. The summed E-state index contributed by atoms with van der Waals surface area (Å²) in [4.78, 5) is 20.4. The number of aromatic hydroxyl groups is 1. The van der Waals surface area contributed by atoms with Crippen molar-refractivity contribution < 1.29 is 9.50 Å². The van der Waals surface area contributed by atoms with E-state index in [1.54, 1.807) is 30.9 Å². The molecule has 0 unspecified atom stereocenters. The third kappa shape index (κ3) is 3.92. The number of benzene rings is 2. The monoisotopic (exact) mass is 416 g/mol. The van der Waals surface area contributed by atoms with Gasteiger partial charge in [0.15, 0.2) is 5.88 Å². The largest absolute Gasteiger partial charge is 0.494 e. The van der Waals surface area contributed by atoms with E-state index in [0.717, 1.165) is 43.4 Å². The molecule has 0 saturated carbocycles. The van der Waals surface area contributed by atoms with E-state index in [4.69, 9.17) is 0 Å². The van der Waals surface area contributed by atoms with Gasteiger partial charge in [0.05, 0.1) is 17.4 Å². The van der Waals surface area contributed by atoms with Crippen LogP contribution in [0.3, 0.4) is 0 Å². The molecule has 31 heavy (non-hydrogen) atoms. The summed E-state index contributed by atoms with van der Waals surface area (Å²) >= 11 is 0. The van der Waals surface area contributed by atoms with Crippen LogP contribution in [0.4, 0.5) is 21.6 Å². The van der Waals surface area contributed by atoms with Gasteiger partial charge >= 0.3 is 0 Å². The van der Waals surface area contributed by atoms with Crippen molar-refractivity contribution in [3.05, 3.63) is 72.4 Å². The van der Waals surface area contributed by atoms with Crippen LogP contribution in [0, 0.1) is 5.82 Å². The summed E-state index contributed by atoms with van der Waals surface area (Å²) in [7, 11) is 0. The van der Waals surface area contributed by atoms with Crippen LogP contribution in [0.15, 0.2) is 66.0 Å². The highest BCUT2D eigenvalue weighted by molar-refractivity contribution is 6.02. The number of fused-ring (bicyclic) bond motifs is 1. The zero-order valence-corrected chi connectivity index (χ0v) is 16.7. The first kappa shape index (κ1) is 19.0. The topological polar surface area (TPSA) is 80.6 Å². The molecule has 2 aromatic heterocycles. The molecule has 8 heteroatoms. The van der Waals surface area contributed by atoms with Gasteiger partial charge in [0.2, 0.25) is 0 Å². The zero-order chi connectivity index (χ0) is 21.2. The van der Waals surface area contributed by atoms with Gasteiger partial charge < -0.3 is 19.9 Å². The lowest BCUT2D eigenvalue weighted by Crippen LogP contribution is -2.46. The molecule has 2 N–H and O–H groups in total.